The maximum Gasteiger partial charge on any atom is 0.270 e. The highest BCUT2D eigenvalue weighted by molar-refractivity contribution is 5.63. The molecule has 1 aromatic carbocycles. The standard InChI is InChI=1S/C13H15N3O2/c1-15(11-4-2-3-5-11)13-7-6-12(16(17)18)8-10(13)9-14/h6-8,11H,2-5H2,1H3. The van der Waals surface area contributed by atoms with E-state index in [0.29, 0.717) is 11.6 Å². The number of nitro groups is 1. The van der Waals surface area contributed by atoms with E-state index in [0.717, 1.165) is 18.5 Å². The summed E-state index contributed by atoms with van der Waals surface area (Å²) in [5.41, 5.74) is 1.13. The molecule has 0 unspecified atom stereocenters. The highest BCUT2D eigenvalue weighted by Gasteiger charge is 2.22. The zero-order valence-electron chi connectivity index (χ0n) is 10.3. The van der Waals surface area contributed by atoms with Crippen molar-refractivity contribution in [2.24, 2.45) is 0 Å². The fraction of sp³-hybridized carbons (Fsp3) is 0.462. The number of nitriles is 1. The lowest BCUT2D eigenvalue weighted by Gasteiger charge is -2.27. The molecule has 5 heteroatoms. The summed E-state index contributed by atoms with van der Waals surface area (Å²) in [6.07, 6.45) is 4.67. The molecule has 1 aliphatic rings. The Morgan fingerprint density at radius 3 is 2.67 bits per heavy atom. The smallest absolute Gasteiger partial charge is 0.270 e. The first kappa shape index (κ1) is 12.4. The van der Waals surface area contributed by atoms with Crippen molar-refractivity contribution in [1.82, 2.24) is 0 Å². The van der Waals surface area contributed by atoms with E-state index in [2.05, 4.69) is 4.90 Å². The molecule has 94 valence electrons. The first-order valence-electron chi connectivity index (χ1n) is 6.05. The van der Waals surface area contributed by atoms with Crippen LogP contribution in [0.2, 0.25) is 0 Å². The van der Waals surface area contributed by atoms with Gasteiger partial charge in [-0.1, -0.05) is 12.8 Å². The Labute approximate surface area is 106 Å². The van der Waals surface area contributed by atoms with Gasteiger partial charge in [0.1, 0.15) is 6.07 Å². The summed E-state index contributed by atoms with van der Waals surface area (Å²) in [4.78, 5) is 12.3. The minimum absolute atomic E-state index is 0.0323. The Kier molecular flexibility index (Phi) is 3.47. The molecule has 18 heavy (non-hydrogen) atoms. The number of rotatable bonds is 3. The molecule has 0 amide bonds. The third-order valence-electron chi connectivity index (χ3n) is 3.56. The lowest BCUT2D eigenvalue weighted by Crippen LogP contribution is -2.29. The Balaban J connectivity index is 2.32. The normalized spacial score (nSPS) is 15.3. The number of nitro benzene ring substituents is 1. The average Bonchev–Trinajstić information content (AvgIpc) is 2.90. The van der Waals surface area contributed by atoms with Crippen LogP contribution in [-0.4, -0.2) is 18.0 Å². The van der Waals surface area contributed by atoms with Crippen LogP contribution in [-0.2, 0) is 0 Å². The lowest BCUT2D eigenvalue weighted by atomic mass is 10.1. The molecule has 0 aliphatic heterocycles. The van der Waals surface area contributed by atoms with E-state index in [1.54, 1.807) is 6.07 Å². The van der Waals surface area contributed by atoms with Crippen molar-refractivity contribution in [3.05, 3.63) is 33.9 Å². The van der Waals surface area contributed by atoms with Crippen molar-refractivity contribution >= 4 is 11.4 Å². The maximum absolute atomic E-state index is 10.7. The first-order chi connectivity index (χ1) is 8.63. The van der Waals surface area contributed by atoms with Gasteiger partial charge < -0.3 is 4.90 Å². The first-order valence-corrected chi connectivity index (χ1v) is 6.05. The molecule has 0 N–H and O–H groups in total. The summed E-state index contributed by atoms with van der Waals surface area (Å²) < 4.78 is 0. The SMILES string of the molecule is CN(c1ccc([N+](=O)[O-])cc1C#N)C1CCCC1. The molecular weight excluding hydrogens is 230 g/mol. The summed E-state index contributed by atoms with van der Waals surface area (Å²) >= 11 is 0. The van der Waals surface area contributed by atoms with Gasteiger partial charge in [0, 0.05) is 25.2 Å². The van der Waals surface area contributed by atoms with Gasteiger partial charge in [-0.3, -0.25) is 10.1 Å². The second kappa shape index (κ2) is 5.05. The second-order valence-electron chi connectivity index (χ2n) is 4.62. The van der Waals surface area contributed by atoms with E-state index in [1.165, 1.54) is 25.0 Å². The number of nitrogens with zero attached hydrogens (tertiary/aromatic N) is 3. The van der Waals surface area contributed by atoms with Crippen LogP contribution in [0.5, 0.6) is 0 Å². The number of hydrogen-bond donors (Lipinski definition) is 0. The van der Waals surface area contributed by atoms with Crippen LogP contribution in [0.1, 0.15) is 31.2 Å². The molecule has 0 atom stereocenters. The van der Waals surface area contributed by atoms with Gasteiger partial charge in [-0.2, -0.15) is 5.26 Å². The molecule has 0 aromatic heterocycles. The molecule has 0 spiro atoms. The van der Waals surface area contributed by atoms with Gasteiger partial charge in [-0.15, -0.1) is 0 Å². The van der Waals surface area contributed by atoms with Crippen LogP contribution < -0.4 is 4.90 Å². The van der Waals surface area contributed by atoms with Crippen LogP contribution in [0.25, 0.3) is 0 Å². The number of hydrogen-bond acceptors (Lipinski definition) is 4. The number of anilines is 1. The summed E-state index contributed by atoms with van der Waals surface area (Å²) in [7, 11) is 1.96. The van der Waals surface area contributed by atoms with Gasteiger partial charge in [-0.25, -0.2) is 0 Å². The van der Waals surface area contributed by atoms with E-state index in [-0.39, 0.29) is 5.69 Å². The van der Waals surface area contributed by atoms with Gasteiger partial charge in [0.05, 0.1) is 16.2 Å². The molecule has 0 bridgehead atoms. The highest BCUT2D eigenvalue weighted by atomic mass is 16.6. The van der Waals surface area contributed by atoms with Crippen LogP contribution in [0, 0.1) is 21.4 Å². The predicted octanol–water partition coefficient (Wildman–Crippen LogP) is 2.85. The summed E-state index contributed by atoms with van der Waals surface area (Å²) in [6.45, 7) is 0. The molecule has 0 radical (unpaired) electrons. The average molecular weight is 245 g/mol. The minimum atomic E-state index is -0.472. The van der Waals surface area contributed by atoms with Crippen LogP contribution >= 0.6 is 0 Å². The zero-order chi connectivity index (χ0) is 13.1. The summed E-state index contributed by atoms with van der Waals surface area (Å²) in [6, 6.07) is 6.98. The summed E-state index contributed by atoms with van der Waals surface area (Å²) in [5, 5.41) is 19.8. The quantitative estimate of drug-likeness (QED) is 0.606. The third kappa shape index (κ3) is 2.28. The Bertz CT molecular complexity index is 501. The molecule has 2 rings (SSSR count). The van der Waals surface area contributed by atoms with E-state index in [1.807, 2.05) is 13.1 Å². The van der Waals surface area contributed by atoms with Crippen molar-refractivity contribution < 1.29 is 4.92 Å². The van der Waals surface area contributed by atoms with Gasteiger partial charge in [0.15, 0.2) is 0 Å². The monoisotopic (exact) mass is 245 g/mol. The topological polar surface area (TPSA) is 70.2 Å². The van der Waals surface area contributed by atoms with E-state index < -0.39 is 4.92 Å². The maximum atomic E-state index is 10.7. The third-order valence-corrected chi connectivity index (χ3v) is 3.56. The Hall–Kier alpha value is -2.09. The molecule has 1 fully saturated rings. The van der Waals surface area contributed by atoms with E-state index >= 15 is 0 Å². The molecule has 0 saturated heterocycles. The van der Waals surface area contributed by atoms with Gasteiger partial charge >= 0.3 is 0 Å². The fourth-order valence-electron chi connectivity index (χ4n) is 2.52. The predicted molar refractivity (Wildman–Crippen MR) is 68.5 cm³/mol. The van der Waals surface area contributed by atoms with Crippen molar-refractivity contribution in [1.29, 1.82) is 5.26 Å². The highest BCUT2D eigenvalue weighted by Crippen LogP contribution is 2.30. The van der Waals surface area contributed by atoms with Crippen molar-refractivity contribution in [2.75, 3.05) is 11.9 Å². The Morgan fingerprint density at radius 1 is 1.44 bits per heavy atom. The van der Waals surface area contributed by atoms with Crippen molar-refractivity contribution in [3.8, 4) is 6.07 Å². The molecule has 5 nitrogen and oxygen atoms in total. The molecule has 0 heterocycles. The van der Waals surface area contributed by atoms with E-state index in [4.69, 9.17) is 5.26 Å². The molecule has 1 aromatic rings. The van der Waals surface area contributed by atoms with Gasteiger partial charge in [0.2, 0.25) is 0 Å². The Morgan fingerprint density at radius 2 is 2.11 bits per heavy atom. The zero-order valence-corrected chi connectivity index (χ0v) is 10.3. The lowest BCUT2D eigenvalue weighted by molar-refractivity contribution is -0.384. The number of benzene rings is 1. The van der Waals surface area contributed by atoms with E-state index in [9.17, 15) is 10.1 Å². The van der Waals surface area contributed by atoms with Gasteiger partial charge in [0.25, 0.3) is 5.69 Å². The molecular formula is C13H15N3O2. The fourth-order valence-corrected chi connectivity index (χ4v) is 2.52. The van der Waals surface area contributed by atoms with Gasteiger partial charge in [-0.05, 0) is 18.9 Å². The minimum Gasteiger partial charge on any atom is -0.371 e. The second-order valence-corrected chi connectivity index (χ2v) is 4.62. The van der Waals surface area contributed by atoms with Crippen molar-refractivity contribution in [2.45, 2.75) is 31.7 Å². The molecule has 1 aliphatic carbocycles. The summed E-state index contributed by atoms with van der Waals surface area (Å²) in [5.74, 6) is 0. The van der Waals surface area contributed by atoms with Crippen molar-refractivity contribution in [3.63, 3.8) is 0 Å². The van der Waals surface area contributed by atoms with Crippen LogP contribution in [0.4, 0.5) is 11.4 Å². The number of non-ortho nitro benzene ring substituents is 1. The van der Waals surface area contributed by atoms with Crippen LogP contribution in [0.3, 0.4) is 0 Å². The largest absolute Gasteiger partial charge is 0.371 e. The van der Waals surface area contributed by atoms with Crippen LogP contribution in [0.15, 0.2) is 18.2 Å². The molecule has 1 saturated carbocycles.